The van der Waals surface area contributed by atoms with Crippen LogP contribution >= 0.6 is 11.8 Å². The zero-order valence-corrected chi connectivity index (χ0v) is 11.2. The highest BCUT2D eigenvalue weighted by Crippen LogP contribution is 2.40. The molecule has 0 saturated heterocycles. The van der Waals surface area contributed by atoms with Crippen LogP contribution in [0.2, 0.25) is 0 Å². The molecule has 4 nitrogen and oxygen atoms in total. The Morgan fingerprint density at radius 3 is 2.89 bits per heavy atom. The van der Waals surface area contributed by atoms with E-state index in [1.807, 2.05) is 6.92 Å². The van der Waals surface area contributed by atoms with E-state index in [4.69, 9.17) is 5.11 Å². The van der Waals surface area contributed by atoms with Crippen molar-refractivity contribution in [1.82, 2.24) is 0 Å². The topological polar surface area (TPSA) is 57.6 Å². The molecule has 1 aliphatic heterocycles. The number of carbonyl (C=O) groups excluding carboxylic acids is 1. The van der Waals surface area contributed by atoms with Crippen LogP contribution in [0.1, 0.15) is 19.8 Å². The van der Waals surface area contributed by atoms with Crippen LogP contribution in [0.4, 0.5) is 10.1 Å². The average Bonchev–Trinajstić information content (AvgIpc) is 2.34. The molecule has 6 heteroatoms. The molecule has 0 spiro atoms. The summed E-state index contributed by atoms with van der Waals surface area (Å²) in [6, 6.07) is 4.70. The Morgan fingerprint density at radius 1 is 1.47 bits per heavy atom. The number of amides is 1. The highest BCUT2D eigenvalue weighted by molar-refractivity contribution is 8.00. The van der Waals surface area contributed by atoms with Gasteiger partial charge in [0.2, 0.25) is 5.91 Å². The number of hydrogen-bond acceptors (Lipinski definition) is 3. The van der Waals surface area contributed by atoms with Gasteiger partial charge in [0.1, 0.15) is 5.82 Å². The largest absolute Gasteiger partial charge is 0.481 e. The van der Waals surface area contributed by atoms with Crippen molar-refractivity contribution in [3.63, 3.8) is 0 Å². The standard InChI is InChI=1S/C13H14FNO3S/c1-8-7-15(11(16)5-6-12(17)18)13-9(14)3-2-4-10(13)19-8/h2-4,8H,5-7H2,1H3,(H,17,18). The molecule has 0 bridgehead atoms. The number of anilines is 1. The number of thioether (sulfide) groups is 1. The van der Waals surface area contributed by atoms with E-state index in [0.717, 1.165) is 4.90 Å². The Hall–Kier alpha value is -1.56. The van der Waals surface area contributed by atoms with Gasteiger partial charge < -0.3 is 10.0 Å². The van der Waals surface area contributed by atoms with E-state index in [1.165, 1.54) is 22.7 Å². The molecule has 1 aliphatic rings. The number of carboxylic acid groups (broad SMARTS) is 1. The minimum atomic E-state index is -1.03. The Balaban J connectivity index is 2.27. The zero-order valence-electron chi connectivity index (χ0n) is 10.4. The Morgan fingerprint density at radius 2 is 2.21 bits per heavy atom. The number of hydrogen-bond donors (Lipinski definition) is 1. The van der Waals surface area contributed by atoms with Crippen molar-refractivity contribution < 1.29 is 19.1 Å². The van der Waals surface area contributed by atoms with Gasteiger partial charge in [0.05, 0.1) is 12.1 Å². The molecule has 0 fully saturated rings. The first-order valence-corrected chi connectivity index (χ1v) is 6.84. The molecule has 2 rings (SSSR count). The molecule has 0 aliphatic carbocycles. The second-order valence-electron chi connectivity index (χ2n) is 4.41. The average molecular weight is 283 g/mol. The van der Waals surface area contributed by atoms with Gasteiger partial charge in [-0.15, -0.1) is 11.8 Å². The molecule has 1 heterocycles. The molecule has 1 aromatic rings. The molecule has 1 N–H and O–H groups in total. The third-order valence-corrected chi connectivity index (χ3v) is 3.98. The van der Waals surface area contributed by atoms with E-state index in [-0.39, 0.29) is 29.7 Å². The lowest BCUT2D eigenvalue weighted by Gasteiger charge is -2.32. The SMILES string of the molecule is CC1CN(C(=O)CCC(=O)O)c2c(F)cccc2S1. The predicted octanol–water partition coefficient (Wildman–Crippen LogP) is 2.52. The summed E-state index contributed by atoms with van der Waals surface area (Å²) in [5, 5.41) is 8.77. The first-order chi connectivity index (χ1) is 8.99. The molecule has 1 amide bonds. The summed E-state index contributed by atoms with van der Waals surface area (Å²) in [5.74, 6) is -1.82. The molecule has 0 saturated carbocycles. The molecule has 1 unspecified atom stereocenters. The Labute approximate surface area is 114 Å². The third-order valence-electron chi connectivity index (χ3n) is 2.84. The molecule has 0 aromatic heterocycles. The van der Waals surface area contributed by atoms with Crippen LogP contribution in [-0.2, 0) is 9.59 Å². The smallest absolute Gasteiger partial charge is 0.303 e. The second-order valence-corrected chi connectivity index (χ2v) is 5.89. The quantitative estimate of drug-likeness (QED) is 0.926. The van der Waals surface area contributed by atoms with Gasteiger partial charge in [-0.3, -0.25) is 9.59 Å². The van der Waals surface area contributed by atoms with Crippen LogP contribution in [-0.4, -0.2) is 28.8 Å². The van der Waals surface area contributed by atoms with E-state index < -0.39 is 11.8 Å². The Kier molecular flexibility index (Phi) is 4.09. The van der Waals surface area contributed by atoms with Crippen LogP contribution in [0.5, 0.6) is 0 Å². The van der Waals surface area contributed by atoms with Crippen molar-refractivity contribution in [1.29, 1.82) is 0 Å². The number of rotatable bonds is 3. The summed E-state index contributed by atoms with van der Waals surface area (Å²) >= 11 is 1.52. The van der Waals surface area contributed by atoms with Crippen molar-refractivity contribution in [3.8, 4) is 0 Å². The van der Waals surface area contributed by atoms with Gasteiger partial charge in [-0.05, 0) is 12.1 Å². The molecule has 19 heavy (non-hydrogen) atoms. The van der Waals surface area contributed by atoms with Crippen LogP contribution < -0.4 is 4.90 Å². The molecular formula is C13H14FNO3S. The van der Waals surface area contributed by atoms with Gasteiger partial charge in [-0.1, -0.05) is 13.0 Å². The van der Waals surface area contributed by atoms with Gasteiger partial charge in [0.15, 0.2) is 0 Å². The molecule has 0 radical (unpaired) electrons. The second kappa shape index (κ2) is 5.61. The van der Waals surface area contributed by atoms with Crippen LogP contribution in [0.3, 0.4) is 0 Å². The van der Waals surface area contributed by atoms with Gasteiger partial charge >= 0.3 is 5.97 Å². The number of aliphatic carboxylic acids is 1. The fraction of sp³-hybridized carbons (Fsp3) is 0.385. The van der Waals surface area contributed by atoms with E-state index >= 15 is 0 Å². The Bertz CT molecular complexity index is 521. The predicted molar refractivity (Wildman–Crippen MR) is 70.9 cm³/mol. The van der Waals surface area contributed by atoms with Gasteiger partial charge in [0.25, 0.3) is 0 Å². The lowest BCUT2D eigenvalue weighted by atomic mass is 10.2. The van der Waals surface area contributed by atoms with Gasteiger partial charge in [-0.2, -0.15) is 0 Å². The van der Waals surface area contributed by atoms with Crippen LogP contribution in [0, 0.1) is 5.82 Å². The number of nitrogens with zero attached hydrogens (tertiary/aromatic N) is 1. The molecule has 102 valence electrons. The number of carboxylic acids is 1. The molecular weight excluding hydrogens is 269 g/mol. The highest BCUT2D eigenvalue weighted by atomic mass is 32.2. The van der Waals surface area contributed by atoms with Crippen molar-refractivity contribution in [3.05, 3.63) is 24.0 Å². The maximum absolute atomic E-state index is 13.9. The van der Waals surface area contributed by atoms with Crippen molar-refractivity contribution >= 4 is 29.3 Å². The first-order valence-electron chi connectivity index (χ1n) is 5.96. The normalized spacial score (nSPS) is 18.0. The maximum Gasteiger partial charge on any atom is 0.303 e. The summed E-state index contributed by atoms with van der Waals surface area (Å²) in [4.78, 5) is 24.7. The van der Waals surface area contributed by atoms with Crippen LogP contribution in [0.25, 0.3) is 0 Å². The van der Waals surface area contributed by atoms with Crippen molar-refractivity contribution in [2.75, 3.05) is 11.4 Å². The van der Waals surface area contributed by atoms with E-state index in [9.17, 15) is 14.0 Å². The van der Waals surface area contributed by atoms with Gasteiger partial charge in [0, 0.05) is 23.1 Å². The minimum absolute atomic E-state index is 0.111. The van der Waals surface area contributed by atoms with Crippen LogP contribution in [0.15, 0.2) is 23.1 Å². The van der Waals surface area contributed by atoms with E-state index in [0.29, 0.717) is 6.54 Å². The monoisotopic (exact) mass is 283 g/mol. The summed E-state index contributed by atoms with van der Waals surface area (Å²) in [5.41, 5.74) is 0.279. The molecule has 1 aromatic carbocycles. The molecule has 1 atom stereocenters. The summed E-state index contributed by atoms with van der Waals surface area (Å²) in [7, 11) is 0. The first kappa shape index (κ1) is 13.9. The summed E-state index contributed by atoms with van der Waals surface area (Å²) in [6.45, 7) is 2.35. The van der Waals surface area contributed by atoms with E-state index in [1.54, 1.807) is 12.1 Å². The zero-order chi connectivity index (χ0) is 14.0. The van der Waals surface area contributed by atoms with E-state index in [2.05, 4.69) is 0 Å². The van der Waals surface area contributed by atoms with Crippen molar-refractivity contribution in [2.24, 2.45) is 0 Å². The van der Waals surface area contributed by atoms with Crippen molar-refractivity contribution in [2.45, 2.75) is 29.9 Å². The minimum Gasteiger partial charge on any atom is -0.481 e. The fourth-order valence-corrected chi connectivity index (χ4v) is 3.16. The number of para-hydroxylation sites is 1. The third kappa shape index (κ3) is 3.07. The highest BCUT2D eigenvalue weighted by Gasteiger charge is 2.29. The number of carbonyl (C=O) groups is 2. The number of benzene rings is 1. The summed E-state index contributed by atoms with van der Waals surface area (Å²) < 4.78 is 13.9. The van der Waals surface area contributed by atoms with Gasteiger partial charge in [-0.25, -0.2) is 4.39 Å². The number of halogens is 1. The fourth-order valence-electron chi connectivity index (χ4n) is 2.03. The lowest BCUT2D eigenvalue weighted by molar-refractivity contribution is -0.138. The summed E-state index contributed by atoms with van der Waals surface area (Å²) in [6.07, 6.45) is -0.346. The maximum atomic E-state index is 13.9. The lowest BCUT2D eigenvalue weighted by Crippen LogP contribution is -2.39. The number of fused-ring (bicyclic) bond motifs is 1.